The molecular weight excluding hydrogens is 487 g/mol. The van der Waals surface area contributed by atoms with E-state index in [1.54, 1.807) is 0 Å². The summed E-state index contributed by atoms with van der Waals surface area (Å²) in [6.07, 6.45) is -4.47. The van der Waals surface area contributed by atoms with E-state index < -0.39 is 57.0 Å². The smallest absolute Gasteiger partial charge is 0.435 e. The summed E-state index contributed by atoms with van der Waals surface area (Å²) in [6.45, 7) is 1.42. The van der Waals surface area contributed by atoms with Gasteiger partial charge in [0.05, 0.1) is 28.8 Å². The summed E-state index contributed by atoms with van der Waals surface area (Å²) in [5.41, 5.74) is -4.86. The lowest BCUT2D eigenvalue weighted by Gasteiger charge is -2.15. The van der Waals surface area contributed by atoms with Gasteiger partial charge in [0, 0.05) is 22.4 Å². The van der Waals surface area contributed by atoms with Gasteiger partial charge in [0.1, 0.15) is 5.75 Å². The first-order valence-corrected chi connectivity index (χ1v) is 9.58. The summed E-state index contributed by atoms with van der Waals surface area (Å²) in [4.78, 5) is 34.2. The lowest BCUT2D eigenvalue weighted by molar-refractivity contribution is -0.398. The Morgan fingerprint density at radius 1 is 1.29 bits per heavy atom. The molecule has 1 heterocycles. The molecule has 0 saturated heterocycles. The number of hydrazone groups is 1. The molecule has 3 rings (SSSR count). The average Bonchev–Trinajstić information content (AvgIpc) is 3.07. The molecule has 1 aliphatic heterocycles. The van der Waals surface area contributed by atoms with Crippen LogP contribution in [0.5, 0.6) is 11.5 Å². The Kier molecular flexibility index (Phi) is 6.50. The Labute approximate surface area is 193 Å². The molecule has 0 saturated carbocycles. The second kappa shape index (κ2) is 9.02. The van der Waals surface area contributed by atoms with E-state index in [4.69, 9.17) is 16.3 Å². The maximum absolute atomic E-state index is 13.7. The van der Waals surface area contributed by atoms with Crippen LogP contribution in [0.15, 0.2) is 41.0 Å². The highest BCUT2D eigenvalue weighted by atomic mass is 35.5. The summed E-state index contributed by atoms with van der Waals surface area (Å²) in [7, 11) is 0. The van der Waals surface area contributed by atoms with Gasteiger partial charge in [0.2, 0.25) is 0 Å². The third kappa shape index (κ3) is 4.64. The number of carboxylic acids is 1. The fourth-order valence-corrected chi connectivity index (χ4v) is 3.18. The van der Waals surface area contributed by atoms with Crippen molar-refractivity contribution in [2.75, 3.05) is 11.6 Å². The molecule has 0 radical (unpaired) electrons. The number of nitrogens with zero attached hydrogens (tertiary/aromatic N) is 3. The highest BCUT2D eigenvalue weighted by Gasteiger charge is 2.47. The minimum atomic E-state index is -5.13. The van der Waals surface area contributed by atoms with Crippen molar-refractivity contribution in [3.8, 4) is 11.5 Å². The molecule has 178 valence electrons. The maximum atomic E-state index is 13.7. The number of hydrogen-bond acceptors (Lipinski definition) is 8. The van der Waals surface area contributed by atoms with Crippen molar-refractivity contribution in [3.63, 3.8) is 0 Å². The van der Waals surface area contributed by atoms with E-state index in [-0.39, 0.29) is 22.9 Å². The zero-order valence-corrected chi connectivity index (χ0v) is 17.6. The number of halogens is 4. The summed E-state index contributed by atoms with van der Waals surface area (Å²) < 4.78 is 46.0. The average molecular weight is 498 g/mol. The van der Waals surface area contributed by atoms with Crippen LogP contribution in [0.4, 0.5) is 24.5 Å². The van der Waals surface area contributed by atoms with Crippen LogP contribution in [0.1, 0.15) is 22.8 Å². The van der Waals surface area contributed by atoms with Gasteiger partial charge >= 0.3 is 6.18 Å². The SMILES string of the molecule is CCOc1cc(C=C2C(=O)N(c3ccc(Cl)c(C(=O)[O-])c3)N=C2C(F)(F)F)cc([N+](=O)[O-])c1[O-]. The molecule has 0 atom stereocenters. The molecule has 0 fully saturated rings. The first kappa shape index (κ1) is 24.5. The lowest BCUT2D eigenvalue weighted by Crippen LogP contribution is -2.26. The lowest BCUT2D eigenvalue weighted by atomic mass is 10.0. The van der Waals surface area contributed by atoms with Crippen LogP contribution < -0.4 is 20.0 Å². The molecule has 0 aromatic heterocycles. The quantitative estimate of drug-likeness (QED) is 0.338. The van der Waals surface area contributed by atoms with E-state index >= 15 is 0 Å². The Morgan fingerprint density at radius 2 is 1.97 bits per heavy atom. The number of amides is 1. The van der Waals surface area contributed by atoms with Gasteiger partial charge < -0.3 is 19.7 Å². The van der Waals surface area contributed by atoms with Crippen LogP contribution in [-0.4, -0.2) is 35.3 Å². The Morgan fingerprint density at radius 3 is 2.53 bits per heavy atom. The molecule has 2 aromatic rings. The first-order chi connectivity index (χ1) is 15.8. The van der Waals surface area contributed by atoms with Gasteiger partial charge in [-0.2, -0.15) is 23.3 Å². The third-order valence-electron chi connectivity index (χ3n) is 4.43. The minimum absolute atomic E-state index is 0.0638. The molecule has 1 aliphatic rings. The number of nitro benzene ring substituents is 1. The summed E-state index contributed by atoms with van der Waals surface area (Å²) >= 11 is 5.72. The monoisotopic (exact) mass is 497 g/mol. The van der Waals surface area contributed by atoms with Crippen LogP contribution in [-0.2, 0) is 4.79 Å². The highest BCUT2D eigenvalue weighted by Crippen LogP contribution is 2.38. The van der Waals surface area contributed by atoms with Gasteiger partial charge in [-0.05, 0) is 42.8 Å². The fraction of sp³-hybridized carbons (Fsp3) is 0.150. The second-order valence-electron chi connectivity index (χ2n) is 6.63. The fourth-order valence-electron chi connectivity index (χ4n) is 2.99. The molecular formula is C20H11ClF3N3O7-2. The van der Waals surface area contributed by atoms with Gasteiger partial charge in [-0.1, -0.05) is 11.6 Å². The van der Waals surface area contributed by atoms with E-state index in [1.165, 1.54) is 6.92 Å². The van der Waals surface area contributed by atoms with Gasteiger partial charge in [-0.25, -0.2) is 0 Å². The normalized spacial score (nSPS) is 15.0. The van der Waals surface area contributed by atoms with Crippen molar-refractivity contribution in [2.45, 2.75) is 13.1 Å². The van der Waals surface area contributed by atoms with E-state index in [0.29, 0.717) is 17.2 Å². The zero-order valence-electron chi connectivity index (χ0n) is 16.9. The topological polar surface area (TPSA) is 148 Å². The van der Waals surface area contributed by atoms with E-state index in [0.717, 1.165) is 24.3 Å². The van der Waals surface area contributed by atoms with Crippen molar-refractivity contribution in [1.29, 1.82) is 0 Å². The Hall–Kier alpha value is -4.13. The number of alkyl halides is 3. The molecule has 0 N–H and O–H groups in total. The number of anilines is 1. The van der Waals surface area contributed by atoms with Gasteiger partial charge in [0.15, 0.2) is 5.71 Å². The van der Waals surface area contributed by atoms with Crippen LogP contribution in [0, 0.1) is 10.1 Å². The summed E-state index contributed by atoms with van der Waals surface area (Å²) in [5.74, 6) is -4.63. The number of hydrogen-bond donors (Lipinski definition) is 0. The highest BCUT2D eigenvalue weighted by molar-refractivity contribution is 6.35. The van der Waals surface area contributed by atoms with Crippen LogP contribution in [0.25, 0.3) is 6.08 Å². The maximum Gasteiger partial charge on any atom is 0.435 e. The molecule has 0 bridgehead atoms. The van der Waals surface area contributed by atoms with E-state index in [2.05, 4.69) is 5.10 Å². The standard InChI is InChI=1S/C20H13ClF3N3O7/c1-2-34-15-7-9(6-14(16(15)28)27(32)33)5-12-17(20(22,23)24)25-26(18(12)29)10-3-4-13(21)11(8-10)19(30)31/h3-8,28H,2H2,1H3,(H,30,31)/p-2. The third-order valence-corrected chi connectivity index (χ3v) is 4.76. The first-order valence-electron chi connectivity index (χ1n) is 9.20. The Bertz CT molecular complexity index is 1270. The van der Waals surface area contributed by atoms with Gasteiger partial charge in [-0.3, -0.25) is 14.9 Å². The van der Waals surface area contributed by atoms with Crippen molar-refractivity contribution >= 4 is 46.6 Å². The van der Waals surface area contributed by atoms with Crippen LogP contribution in [0.2, 0.25) is 5.02 Å². The predicted octanol–water partition coefficient (Wildman–Crippen LogP) is 2.43. The number of benzene rings is 2. The van der Waals surface area contributed by atoms with Crippen molar-refractivity contribution < 1.29 is 42.6 Å². The summed E-state index contributed by atoms with van der Waals surface area (Å²) in [5, 5.41) is 37.8. The number of rotatable bonds is 6. The minimum Gasteiger partial charge on any atom is -0.865 e. The largest absolute Gasteiger partial charge is 0.865 e. The van der Waals surface area contributed by atoms with Crippen molar-refractivity contribution in [2.24, 2.45) is 5.10 Å². The number of carbonyl (C=O) groups excluding carboxylic acids is 2. The number of aromatic carboxylic acids is 1. The zero-order chi connectivity index (χ0) is 25.4. The van der Waals surface area contributed by atoms with Crippen molar-refractivity contribution in [1.82, 2.24) is 0 Å². The number of carbonyl (C=O) groups is 2. The molecule has 0 unspecified atom stereocenters. The molecule has 10 nitrogen and oxygen atoms in total. The number of nitro groups is 1. The van der Waals surface area contributed by atoms with Crippen molar-refractivity contribution in [3.05, 3.63) is 62.2 Å². The molecule has 2 aromatic carbocycles. The second-order valence-corrected chi connectivity index (χ2v) is 7.04. The van der Waals surface area contributed by atoms with E-state index in [1.807, 2.05) is 0 Å². The van der Waals surface area contributed by atoms with E-state index in [9.17, 15) is 43.1 Å². The van der Waals surface area contributed by atoms with Crippen LogP contribution >= 0.6 is 11.6 Å². The molecule has 14 heteroatoms. The predicted molar refractivity (Wildman–Crippen MR) is 108 cm³/mol. The number of ether oxygens (including phenoxy) is 1. The molecule has 0 aliphatic carbocycles. The Balaban J connectivity index is 2.17. The van der Waals surface area contributed by atoms with Gasteiger partial charge in [0.25, 0.3) is 11.6 Å². The van der Waals surface area contributed by atoms with Gasteiger partial charge in [-0.15, -0.1) is 0 Å². The summed E-state index contributed by atoms with van der Waals surface area (Å²) in [6, 6.07) is 4.55. The molecule has 1 amide bonds. The molecule has 34 heavy (non-hydrogen) atoms. The number of carboxylic acid groups (broad SMARTS) is 1. The molecule has 0 spiro atoms. The van der Waals surface area contributed by atoms with Crippen LogP contribution in [0.3, 0.4) is 0 Å².